The summed E-state index contributed by atoms with van der Waals surface area (Å²) in [6, 6.07) is 13.0. The van der Waals surface area contributed by atoms with E-state index in [9.17, 15) is 24.6 Å². The van der Waals surface area contributed by atoms with Gasteiger partial charge >= 0.3 is 11.3 Å². The maximum absolute atomic E-state index is 13.0. The molecule has 0 radical (unpaired) electrons. The molecular weight excluding hydrogens is 546 g/mol. The fourth-order valence-corrected chi connectivity index (χ4v) is 4.48. The predicted molar refractivity (Wildman–Crippen MR) is 138 cm³/mol. The number of benzene rings is 2. The van der Waals surface area contributed by atoms with Gasteiger partial charge in [-0.3, -0.25) is 9.36 Å². The SMILES string of the molecule is C1COCC[NH2+]1.Cn1c([O-])c(C(c2ccc(Br)cc2)c2c(O)c3ccccc3oc2=O)c(=O)n(C)c1=O. The normalized spacial score (nSPS) is 14.1. The van der Waals surface area contributed by atoms with Crippen molar-refractivity contribution in [3.63, 3.8) is 0 Å². The number of quaternary nitrogens is 1. The third-order valence-corrected chi connectivity index (χ3v) is 6.71. The number of rotatable bonds is 3. The first-order chi connectivity index (χ1) is 17.7. The van der Waals surface area contributed by atoms with E-state index in [4.69, 9.17) is 9.15 Å². The molecule has 1 atom stereocenters. The molecule has 3 N–H and O–H groups in total. The highest BCUT2D eigenvalue weighted by Gasteiger charge is 2.30. The lowest BCUT2D eigenvalue weighted by Crippen LogP contribution is -2.87. The second kappa shape index (κ2) is 11.2. The molecule has 2 aromatic carbocycles. The van der Waals surface area contributed by atoms with Crippen LogP contribution in [-0.4, -0.2) is 40.5 Å². The molecule has 0 bridgehead atoms. The molecular formula is C26H26BrN3O7. The molecule has 0 amide bonds. The second-order valence-electron chi connectivity index (χ2n) is 8.54. The van der Waals surface area contributed by atoms with Crippen molar-refractivity contribution >= 4 is 26.9 Å². The van der Waals surface area contributed by atoms with Gasteiger partial charge in [-0.25, -0.2) is 9.59 Å². The van der Waals surface area contributed by atoms with Gasteiger partial charge in [0.05, 0.1) is 43.2 Å². The van der Waals surface area contributed by atoms with E-state index in [2.05, 4.69) is 21.2 Å². The number of halogens is 1. The van der Waals surface area contributed by atoms with Gasteiger partial charge in [0.25, 0.3) is 5.56 Å². The minimum atomic E-state index is -1.26. The average molecular weight is 572 g/mol. The van der Waals surface area contributed by atoms with Crippen LogP contribution in [-0.2, 0) is 18.8 Å². The number of aromatic hydroxyl groups is 1. The summed E-state index contributed by atoms with van der Waals surface area (Å²) in [7, 11) is 2.49. The van der Waals surface area contributed by atoms with Crippen molar-refractivity contribution in [1.29, 1.82) is 0 Å². The van der Waals surface area contributed by atoms with Crippen molar-refractivity contribution in [2.45, 2.75) is 5.92 Å². The van der Waals surface area contributed by atoms with Crippen molar-refractivity contribution in [3.05, 3.63) is 101 Å². The van der Waals surface area contributed by atoms with Crippen molar-refractivity contribution in [3.8, 4) is 11.6 Å². The van der Waals surface area contributed by atoms with E-state index in [1.54, 1.807) is 42.5 Å². The summed E-state index contributed by atoms with van der Waals surface area (Å²) in [5.74, 6) is -2.50. The van der Waals surface area contributed by atoms with Crippen molar-refractivity contribution < 1.29 is 24.7 Å². The number of para-hydroxylation sites is 1. The van der Waals surface area contributed by atoms with Gasteiger partial charge in [0, 0.05) is 24.1 Å². The maximum Gasteiger partial charge on any atom is 0.344 e. The molecule has 194 valence electrons. The molecule has 3 heterocycles. The first kappa shape index (κ1) is 26.4. The van der Waals surface area contributed by atoms with Crippen LogP contribution in [0.4, 0.5) is 0 Å². The average Bonchev–Trinajstić information content (AvgIpc) is 2.92. The highest BCUT2D eigenvalue weighted by Crippen LogP contribution is 2.39. The maximum atomic E-state index is 13.0. The Balaban J connectivity index is 0.000000469. The van der Waals surface area contributed by atoms with Crippen LogP contribution in [0.1, 0.15) is 22.6 Å². The van der Waals surface area contributed by atoms with Crippen molar-refractivity contribution in [2.75, 3.05) is 26.3 Å². The van der Waals surface area contributed by atoms with Gasteiger partial charge in [0.15, 0.2) is 0 Å². The Morgan fingerprint density at radius 3 is 2.22 bits per heavy atom. The fraction of sp³-hybridized carbons (Fsp3) is 0.269. The number of hydrogen-bond acceptors (Lipinski definition) is 7. The highest BCUT2D eigenvalue weighted by atomic mass is 79.9. The van der Waals surface area contributed by atoms with Gasteiger partial charge in [-0.05, 0) is 35.7 Å². The number of hydrogen-bond donors (Lipinski definition) is 2. The van der Waals surface area contributed by atoms with Crippen molar-refractivity contribution in [1.82, 2.24) is 9.13 Å². The van der Waals surface area contributed by atoms with Crippen LogP contribution in [0.25, 0.3) is 11.0 Å². The van der Waals surface area contributed by atoms with Crippen LogP contribution in [0.3, 0.4) is 0 Å². The van der Waals surface area contributed by atoms with Crippen LogP contribution < -0.4 is 27.3 Å². The van der Waals surface area contributed by atoms with Gasteiger partial charge < -0.3 is 29.3 Å². The van der Waals surface area contributed by atoms with E-state index in [1.807, 2.05) is 0 Å². The van der Waals surface area contributed by atoms with Crippen molar-refractivity contribution in [2.24, 2.45) is 14.1 Å². The largest absolute Gasteiger partial charge is 0.860 e. The van der Waals surface area contributed by atoms with E-state index < -0.39 is 34.4 Å². The molecule has 2 aromatic heterocycles. The molecule has 0 spiro atoms. The summed E-state index contributed by atoms with van der Waals surface area (Å²) in [6.07, 6.45) is 0. The van der Waals surface area contributed by atoms with Gasteiger partial charge in [0.2, 0.25) is 0 Å². The number of nitrogens with zero attached hydrogens (tertiary/aromatic N) is 2. The Bertz CT molecular complexity index is 1590. The fourth-order valence-electron chi connectivity index (χ4n) is 4.21. The first-order valence-corrected chi connectivity index (χ1v) is 12.4. The van der Waals surface area contributed by atoms with Gasteiger partial charge in [0.1, 0.15) is 11.3 Å². The molecule has 11 heteroatoms. The Morgan fingerprint density at radius 1 is 0.973 bits per heavy atom. The van der Waals surface area contributed by atoms with Gasteiger partial charge in [-0.2, -0.15) is 0 Å². The standard InChI is InChI=1S/C22H17BrN2O6.C4H9NO/c1-24-19(27)17(20(28)25(2)22(24)30)15(11-7-9-12(23)10-8-11)16-18(26)13-5-3-4-6-14(13)31-21(16)29;1-3-6-4-2-5-1/h3-10,15,26-27H,1-2H3;5H,1-4H2. The molecule has 0 aliphatic carbocycles. The summed E-state index contributed by atoms with van der Waals surface area (Å²) in [4.78, 5) is 38.2. The molecule has 0 saturated carbocycles. The zero-order valence-electron chi connectivity index (χ0n) is 20.3. The Kier molecular flexibility index (Phi) is 7.96. The summed E-state index contributed by atoms with van der Waals surface area (Å²) in [5, 5.41) is 26.6. The number of aromatic nitrogens is 2. The van der Waals surface area contributed by atoms with E-state index in [1.165, 1.54) is 20.2 Å². The van der Waals surface area contributed by atoms with E-state index >= 15 is 0 Å². The molecule has 1 unspecified atom stereocenters. The molecule has 37 heavy (non-hydrogen) atoms. The Morgan fingerprint density at radius 2 is 1.62 bits per heavy atom. The zero-order chi connectivity index (χ0) is 26.7. The third kappa shape index (κ3) is 5.24. The summed E-state index contributed by atoms with van der Waals surface area (Å²) < 4.78 is 12.7. The zero-order valence-corrected chi connectivity index (χ0v) is 21.9. The van der Waals surface area contributed by atoms with E-state index in [0.717, 1.165) is 39.9 Å². The third-order valence-electron chi connectivity index (χ3n) is 6.18. The van der Waals surface area contributed by atoms with Gasteiger partial charge in [-0.1, -0.05) is 40.2 Å². The first-order valence-electron chi connectivity index (χ1n) is 11.6. The predicted octanol–water partition coefficient (Wildman–Crippen LogP) is 0.492. The minimum absolute atomic E-state index is 0.166. The van der Waals surface area contributed by atoms with Gasteiger partial charge in [-0.15, -0.1) is 0 Å². The molecule has 5 rings (SSSR count). The molecule has 4 aromatic rings. The lowest BCUT2D eigenvalue weighted by atomic mass is 9.85. The molecule has 1 fully saturated rings. The lowest BCUT2D eigenvalue weighted by Gasteiger charge is -2.25. The second-order valence-corrected chi connectivity index (χ2v) is 9.45. The highest BCUT2D eigenvalue weighted by molar-refractivity contribution is 9.10. The van der Waals surface area contributed by atoms with Crippen LogP contribution in [0.5, 0.6) is 11.6 Å². The Labute approximate surface area is 219 Å². The number of nitrogens with two attached hydrogens (primary N) is 1. The van der Waals surface area contributed by atoms with E-state index in [0.29, 0.717) is 5.56 Å². The molecule has 1 saturated heterocycles. The van der Waals surface area contributed by atoms with Crippen LogP contribution in [0.2, 0.25) is 0 Å². The molecule has 1 aliphatic heterocycles. The summed E-state index contributed by atoms with van der Waals surface area (Å²) in [5.41, 5.74) is -2.57. The minimum Gasteiger partial charge on any atom is -0.860 e. The van der Waals surface area contributed by atoms with Crippen LogP contribution in [0, 0.1) is 0 Å². The summed E-state index contributed by atoms with van der Waals surface area (Å²) >= 11 is 3.33. The van der Waals surface area contributed by atoms with Crippen LogP contribution >= 0.6 is 15.9 Å². The number of ether oxygens (including phenoxy) is 1. The number of morpholine rings is 1. The topological polar surface area (TPSA) is 143 Å². The summed E-state index contributed by atoms with van der Waals surface area (Å²) in [6.45, 7) is 4.19. The molecule has 10 nitrogen and oxygen atoms in total. The Hall–Kier alpha value is -3.67. The lowest BCUT2D eigenvalue weighted by molar-refractivity contribution is -0.670. The monoisotopic (exact) mass is 571 g/mol. The smallest absolute Gasteiger partial charge is 0.344 e. The number of fused-ring (bicyclic) bond motifs is 1. The molecule has 1 aliphatic rings. The van der Waals surface area contributed by atoms with Crippen LogP contribution in [0.15, 0.2) is 71.8 Å². The quantitative estimate of drug-likeness (QED) is 0.340. The van der Waals surface area contributed by atoms with E-state index in [-0.39, 0.29) is 22.1 Å².